The van der Waals surface area contributed by atoms with Crippen LogP contribution in [0.4, 0.5) is 17.1 Å². The van der Waals surface area contributed by atoms with Crippen LogP contribution in [0.2, 0.25) is 0 Å². The molecule has 2 nitrogen and oxygen atoms in total. The first-order valence-electron chi connectivity index (χ1n) is 19.3. The van der Waals surface area contributed by atoms with Crippen LogP contribution in [0, 0.1) is 0 Å². The second-order valence-corrected chi connectivity index (χ2v) is 16.6. The van der Waals surface area contributed by atoms with Crippen LogP contribution in [-0.2, 0) is 5.41 Å². The van der Waals surface area contributed by atoms with Gasteiger partial charge in [0.25, 0.3) is 0 Å². The third kappa shape index (κ3) is 4.38. The van der Waals surface area contributed by atoms with Crippen LogP contribution in [0.25, 0.3) is 85.9 Å². The minimum Gasteiger partial charge on any atom is -0.453 e. The van der Waals surface area contributed by atoms with Crippen molar-refractivity contribution < 1.29 is 4.42 Å². The van der Waals surface area contributed by atoms with E-state index in [0.29, 0.717) is 0 Å². The molecule has 264 valence electrons. The van der Waals surface area contributed by atoms with Crippen LogP contribution in [0.15, 0.2) is 180 Å². The molecule has 0 bridgehead atoms. The SMILES string of the molecule is CC1(C)c2ccccc2-c2cccc(N(c3cccc(-c4cccc5c4sc4c6ccccc6ccc54)c3)c3cccc4c3oc3c5ccccc5ccc43)c21. The van der Waals surface area contributed by atoms with E-state index in [0.717, 1.165) is 44.4 Å². The van der Waals surface area contributed by atoms with Crippen molar-refractivity contribution in [3.63, 3.8) is 0 Å². The third-order valence-electron chi connectivity index (χ3n) is 12.2. The monoisotopic (exact) mass is 733 g/mol. The summed E-state index contributed by atoms with van der Waals surface area (Å²) in [7, 11) is 0. The second-order valence-electron chi connectivity index (χ2n) is 15.6. The smallest absolute Gasteiger partial charge is 0.159 e. The molecule has 0 saturated carbocycles. The molecule has 2 aromatic heterocycles. The van der Waals surface area contributed by atoms with Crippen LogP contribution in [0.5, 0.6) is 0 Å². The molecule has 0 spiro atoms. The molecular weight excluding hydrogens is 699 g/mol. The number of nitrogens with zero attached hydrogens (tertiary/aromatic N) is 1. The van der Waals surface area contributed by atoms with Crippen molar-refractivity contribution >= 4 is 92.1 Å². The Balaban J connectivity index is 1.13. The molecule has 0 aliphatic heterocycles. The zero-order chi connectivity index (χ0) is 37.1. The van der Waals surface area contributed by atoms with E-state index < -0.39 is 0 Å². The van der Waals surface area contributed by atoms with Crippen molar-refractivity contribution in [1.82, 2.24) is 0 Å². The van der Waals surface area contributed by atoms with E-state index in [4.69, 9.17) is 4.42 Å². The van der Waals surface area contributed by atoms with Gasteiger partial charge in [-0.25, -0.2) is 0 Å². The molecular formula is C53H35NOS. The van der Waals surface area contributed by atoms with Crippen molar-refractivity contribution in [3.8, 4) is 22.3 Å². The number of furan rings is 1. The predicted molar refractivity (Wildman–Crippen MR) is 239 cm³/mol. The van der Waals surface area contributed by atoms with Crippen LogP contribution in [0.3, 0.4) is 0 Å². The molecule has 0 unspecified atom stereocenters. The maximum atomic E-state index is 7.06. The molecule has 56 heavy (non-hydrogen) atoms. The molecule has 0 saturated heterocycles. The van der Waals surface area contributed by atoms with E-state index in [9.17, 15) is 0 Å². The quantitative estimate of drug-likeness (QED) is 0.179. The van der Waals surface area contributed by atoms with Crippen LogP contribution >= 0.6 is 11.3 Å². The first kappa shape index (κ1) is 31.6. The summed E-state index contributed by atoms with van der Waals surface area (Å²) in [6.45, 7) is 4.74. The summed E-state index contributed by atoms with van der Waals surface area (Å²) < 4.78 is 9.71. The van der Waals surface area contributed by atoms with Crippen molar-refractivity contribution in [2.24, 2.45) is 0 Å². The first-order chi connectivity index (χ1) is 27.5. The molecule has 0 N–H and O–H groups in total. The Kier molecular flexibility index (Phi) is 6.59. The minimum absolute atomic E-state index is 0.220. The summed E-state index contributed by atoms with van der Waals surface area (Å²) in [6, 6.07) is 64.5. The van der Waals surface area contributed by atoms with Crippen molar-refractivity contribution in [2.45, 2.75) is 19.3 Å². The average Bonchev–Trinajstić information content (AvgIpc) is 3.90. The Morgan fingerprint density at radius 1 is 0.446 bits per heavy atom. The number of hydrogen-bond acceptors (Lipinski definition) is 3. The molecule has 12 rings (SSSR count). The molecule has 0 amide bonds. The maximum Gasteiger partial charge on any atom is 0.159 e. The van der Waals surface area contributed by atoms with Crippen molar-refractivity contribution in [2.75, 3.05) is 4.90 Å². The highest BCUT2D eigenvalue weighted by Gasteiger charge is 2.39. The number of rotatable bonds is 4. The molecule has 0 radical (unpaired) electrons. The van der Waals surface area contributed by atoms with Crippen LogP contribution in [0.1, 0.15) is 25.0 Å². The summed E-state index contributed by atoms with van der Waals surface area (Å²) in [5, 5.41) is 9.75. The molecule has 11 aromatic rings. The van der Waals surface area contributed by atoms with Gasteiger partial charge in [0.1, 0.15) is 5.58 Å². The summed E-state index contributed by atoms with van der Waals surface area (Å²) in [5.41, 5.74) is 12.6. The van der Waals surface area contributed by atoms with Gasteiger partial charge in [0.2, 0.25) is 0 Å². The fourth-order valence-electron chi connectivity index (χ4n) is 9.67. The topological polar surface area (TPSA) is 16.4 Å². The molecule has 1 aliphatic rings. The molecule has 1 aliphatic carbocycles. The second kappa shape index (κ2) is 11.7. The van der Waals surface area contributed by atoms with Gasteiger partial charge in [0, 0.05) is 47.4 Å². The summed E-state index contributed by atoms with van der Waals surface area (Å²) in [5.74, 6) is 0. The third-order valence-corrected chi connectivity index (χ3v) is 13.5. The minimum atomic E-state index is -0.220. The standard InChI is InChI=1S/C53H35NOS/c1-53(2)45-24-8-7-19-39(45)40-21-11-25-46(48(40)53)54(47-26-12-22-41-42-29-27-32-13-3-5-17-36(32)49(42)55-50(41)47)35-16-9-15-34(31-35)38-20-10-23-43-44-30-28-33-14-4-6-18-37(33)51(44)56-52(38)43/h3-31H,1-2H3. The number of para-hydroxylation sites is 1. The summed E-state index contributed by atoms with van der Waals surface area (Å²) in [6.07, 6.45) is 0. The van der Waals surface area contributed by atoms with Gasteiger partial charge in [-0.05, 0) is 79.9 Å². The lowest BCUT2D eigenvalue weighted by Gasteiger charge is -2.32. The molecule has 3 heteroatoms. The van der Waals surface area contributed by atoms with Crippen molar-refractivity contribution in [3.05, 3.63) is 187 Å². The fraction of sp³-hybridized carbons (Fsp3) is 0.0566. The van der Waals surface area contributed by atoms with E-state index in [1.807, 2.05) is 11.3 Å². The average molecular weight is 734 g/mol. The van der Waals surface area contributed by atoms with E-state index in [1.54, 1.807) is 0 Å². The Bertz CT molecular complexity index is 3420. The zero-order valence-corrected chi connectivity index (χ0v) is 31.8. The predicted octanol–water partition coefficient (Wildman–Crippen LogP) is 15.7. The first-order valence-corrected chi connectivity index (χ1v) is 20.2. The maximum absolute atomic E-state index is 7.06. The highest BCUT2D eigenvalue weighted by molar-refractivity contribution is 7.27. The number of fused-ring (bicyclic) bond motifs is 13. The Morgan fingerprint density at radius 3 is 1.95 bits per heavy atom. The highest BCUT2D eigenvalue weighted by Crippen LogP contribution is 2.55. The van der Waals surface area contributed by atoms with Crippen LogP contribution in [-0.4, -0.2) is 0 Å². The van der Waals surface area contributed by atoms with Gasteiger partial charge >= 0.3 is 0 Å². The molecule has 9 aromatic carbocycles. The lowest BCUT2D eigenvalue weighted by molar-refractivity contribution is 0.659. The Morgan fingerprint density at radius 2 is 1.05 bits per heavy atom. The highest BCUT2D eigenvalue weighted by atomic mass is 32.1. The molecule has 2 heterocycles. The van der Waals surface area contributed by atoms with Gasteiger partial charge in [-0.2, -0.15) is 0 Å². The number of anilines is 3. The van der Waals surface area contributed by atoms with Gasteiger partial charge in [-0.1, -0.05) is 159 Å². The fourth-order valence-corrected chi connectivity index (χ4v) is 11.0. The van der Waals surface area contributed by atoms with E-state index in [1.165, 1.54) is 69.7 Å². The van der Waals surface area contributed by atoms with Gasteiger partial charge < -0.3 is 9.32 Å². The lowest BCUT2D eigenvalue weighted by atomic mass is 9.81. The van der Waals surface area contributed by atoms with Crippen LogP contribution < -0.4 is 4.90 Å². The summed E-state index contributed by atoms with van der Waals surface area (Å²) >= 11 is 1.91. The van der Waals surface area contributed by atoms with Gasteiger partial charge in [0.15, 0.2) is 5.58 Å². The van der Waals surface area contributed by atoms with E-state index >= 15 is 0 Å². The number of thiophene rings is 1. The normalized spacial score (nSPS) is 13.3. The Labute approximate surface area is 328 Å². The zero-order valence-electron chi connectivity index (χ0n) is 31.0. The Hall–Kier alpha value is -6.68. The number of hydrogen-bond donors (Lipinski definition) is 0. The lowest BCUT2D eigenvalue weighted by Crippen LogP contribution is -2.20. The summed E-state index contributed by atoms with van der Waals surface area (Å²) in [4.78, 5) is 2.46. The van der Waals surface area contributed by atoms with Crippen molar-refractivity contribution in [1.29, 1.82) is 0 Å². The number of benzene rings is 9. The molecule has 0 atom stereocenters. The molecule has 0 fully saturated rings. The van der Waals surface area contributed by atoms with Gasteiger partial charge in [-0.15, -0.1) is 11.3 Å². The largest absolute Gasteiger partial charge is 0.453 e. The van der Waals surface area contributed by atoms with E-state index in [2.05, 4.69) is 195 Å². The van der Waals surface area contributed by atoms with Gasteiger partial charge in [0.05, 0.1) is 11.4 Å². The van der Waals surface area contributed by atoms with E-state index in [-0.39, 0.29) is 5.41 Å². The van der Waals surface area contributed by atoms with Gasteiger partial charge in [-0.3, -0.25) is 0 Å².